The standard InChI is InChI=1S/C11H14ClNO/c1-11(6-10(14)7-13-11)8-3-2-4-9(12)5-8/h2-5,10,13-14H,6-7H2,1H3. The van der Waals surface area contributed by atoms with Crippen molar-refractivity contribution in [2.45, 2.75) is 25.0 Å². The van der Waals surface area contributed by atoms with Gasteiger partial charge in [-0.15, -0.1) is 0 Å². The predicted molar refractivity (Wildman–Crippen MR) is 57.4 cm³/mol. The average molecular weight is 212 g/mol. The molecule has 0 aromatic heterocycles. The van der Waals surface area contributed by atoms with Gasteiger partial charge in [-0.2, -0.15) is 0 Å². The summed E-state index contributed by atoms with van der Waals surface area (Å²) in [6.07, 6.45) is 0.492. The molecule has 14 heavy (non-hydrogen) atoms. The number of hydrogen-bond acceptors (Lipinski definition) is 2. The molecule has 2 atom stereocenters. The minimum atomic E-state index is -0.251. The lowest BCUT2D eigenvalue weighted by atomic mass is 9.90. The Kier molecular flexibility index (Phi) is 2.52. The molecule has 0 bridgehead atoms. The third-order valence-electron chi connectivity index (χ3n) is 2.83. The van der Waals surface area contributed by atoms with Crippen molar-refractivity contribution in [3.05, 3.63) is 34.9 Å². The van der Waals surface area contributed by atoms with Gasteiger partial charge in [0.15, 0.2) is 0 Å². The molecule has 2 N–H and O–H groups in total. The Bertz CT molecular complexity index is 342. The Morgan fingerprint density at radius 1 is 1.57 bits per heavy atom. The molecule has 1 fully saturated rings. The fourth-order valence-corrected chi connectivity index (χ4v) is 2.20. The summed E-state index contributed by atoms with van der Waals surface area (Å²) in [6.45, 7) is 2.75. The molecular weight excluding hydrogens is 198 g/mol. The summed E-state index contributed by atoms with van der Waals surface area (Å²) in [5.41, 5.74) is 1.01. The monoisotopic (exact) mass is 211 g/mol. The quantitative estimate of drug-likeness (QED) is 0.744. The van der Waals surface area contributed by atoms with E-state index >= 15 is 0 Å². The lowest BCUT2D eigenvalue weighted by Crippen LogP contribution is -2.32. The molecule has 2 rings (SSSR count). The maximum Gasteiger partial charge on any atom is 0.0685 e. The molecule has 0 amide bonds. The van der Waals surface area contributed by atoms with E-state index in [0.717, 1.165) is 17.0 Å². The van der Waals surface area contributed by atoms with Gasteiger partial charge in [-0.25, -0.2) is 0 Å². The second kappa shape index (κ2) is 3.54. The molecule has 1 aromatic carbocycles. The first-order valence-corrected chi connectivity index (χ1v) is 5.17. The zero-order valence-electron chi connectivity index (χ0n) is 8.13. The number of aliphatic hydroxyl groups excluding tert-OH is 1. The minimum absolute atomic E-state index is 0.135. The van der Waals surface area contributed by atoms with Crippen molar-refractivity contribution in [1.29, 1.82) is 0 Å². The average Bonchev–Trinajstić information content (AvgIpc) is 2.48. The van der Waals surface area contributed by atoms with Gasteiger partial charge in [-0.3, -0.25) is 0 Å². The summed E-state index contributed by atoms with van der Waals surface area (Å²) in [7, 11) is 0. The molecule has 3 heteroatoms. The maximum absolute atomic E-state index is 9.50. The van der Waals surface area contributed by atoms with Crippen molar-refractivity contribution in [2.24, 2.45) is 0 Å². The Morgan fingerprint density at radius 2 is 2.36 bits per heavy atom. The Labute approximate surface area is 88.9 Å². The molecule has 1 heterocycles. The summed E-state index contributed by atoms with van der Waals surface area (Å²) in [6, 6.07) is 7.79. The van der Waals surface area contributed by atoms with Crippen LogP contribution in [0.15, 0.2) is 24.3 Å². The zero-order chi connectivity index (χ0) is 10.2. The van der Waals surface area contributed by atoms with Crippen LogP contribution >= 0.6 is 11.6 Å². The third-order valence-corrected chi connectivity index (χ3v) is 3.07. The molecule has 2 unspecified atom stereocenters. The van der Waals surface area contributed by atoms with Crippen LogP contribution in [0.2, 0.25) is 5.02 Å². The topological polar surface area (TPSA) is 32.3 Å². The zero-order valence-corrected chi connectivity index (χ0v) is 8.88. The SMILES string of the molecule is CC1(c2cccc(Cl)c2)CC(O)CN1. The lowest BCUT2D eigenvalue weighted by molar-refractivity contribution is 0.186. The van der Waals surface area contributed by atoms with Gasteiger partial charge in [0.2, 0.25) is 0 Å². The van der Waals surface area contributed by atoms with E-state index in [1.165, 1.54) is 0 Å². The molecule has 0 aliphatic carbocycles. The maximum atomic E-state index is 9.50. The van der Waals surface area contributed by atoms with Gasteiger partial charge in [0, 0.05) is 17.1 Å². The highest BCUT2D eigenvalue weighted by atomic mass is 35.5. The Balaban J connectivity index is 2.30. The van der Waals surface area contributed by atoms with Gasteiger partial charge in [0.25, 0.3) is 0 Å². The van der Waals surface area contributed by atoms with Gasteiger partial charge < -0.3 is 10.4 Å². The van der Waals surface area contributed by atoms with E-state index < -0.39 is 0 Å². The molecule has 1 aliphatic rings. The number of rotatable bonds is 1. The molecule has 0 spiro atoms. The lowest BCUT2D eigenvalue weighted by Gasteiger charge is -2.24. The molecule has 0 radical (unpaired) electrons. The molecule has 1 aliphatic heterocycles. The molecular formula is C11H14ClNO. The first kappa shape index (κ1) is 9.97. The van der Waals surface area contributed by atoms with Crippen LogP contribution in [0.3, 0.4) is 0 Å². The van der Waals surface area contributed by atoms with Crippen LogP contribution in [0.4, 0.5) is 0 Å². The van der Waals surface area contributed by atoms with Crippen LogP contribution in [-0.4, -0.2) is 17.8 Å². The number of β-amino-alcohol motifs (C(OH)–C–C–N with tert-alkyl or cyclic N) is 1. The number of nitrogens with one attached hydrogen (secondary N) is 1. The van der Waals surface area contributed by atoms with E-state index in [0.29, 0.717) is 6.54 Å². The van der Waals surface area contributed by atoms with Crippen LogP contribution < -0.4 is 5.32 Å². The smallest absolute Gasteiger partial charge is 0.0685 e. The Hall–Kier alpha value is -0.570. The van der Waals surface area contributed by atoms with Crippen molar-refractivity contribution in [3.63, 3.8) is 0 Å². The van der Waals surface area contributed by atoms with Crippen LogP contribution in [0.1, 0.15) is 18.9 Å². The first-order chi connectivity index (χ1) is 6.60. The van der Waals surface area contributed by atoms with Gasteiger partial charge in [-0.05, 0) is 31.0 Å². The summed E-state index contributed by atoms with van der Waals surface area (Å²) < 4.78 is 0. The fourth-order valence-electron chi connectivity index (χ4n) is 2.01. The van der Waals surface area contributed by atoms with Gasteiger partial charge in [-0.1, -0.05) is 23.7 Å². The molecule has 0 saturated carbocycles. The second-order valence-electron chi connectivity index (χ2n) is 4.08. The van der Waals surface area contributed by atoms with Crippen molar-refractivity contribution >= 4 is 11.6 Å². The summed E-state index contributed by atoms with van der Waals surface area (Å²) in [5, 5.41) is 13.6. The molecule has 1 saturated heterocycles. The number of hydrogen-bond donors (Lipinski definition) is 2. The summed E-state index contributed by atoms with van der Waals surface area (Å²) in [4.78, 5) is 0. The van der Waals surface area contributed by atoms with E-state index in [2.05, 4.69) is 12.2 Å². The Morgan fingerprint density at radius 3 is 2.93 bits per heavy atom. The highest BCUT2D eigenvalue weighted by Crippen LogP contribution is 2.31. The predicted octanol–water partition coefficient (Wildman–Crippen LogP) is 1.91. The van der Waals surface area contributed by atoms with E-state index in [1.54, 1.807) is 0 Å². The fraction of sp³-hybridized carbons (Fsp3) is 0.455. The van der Waals surface area contributed by atoms with Crippen molar-refractivity contribution in [3.8, 4) is 0 Å². The number of benzene rings is 1. The van der Waals surface area contributed by atoms with Crippen LogP contribution in [0.25, 0.3) is 0 Å². The minimum Gasteiger partial charge on any atom is -0.392 e. The van der Waals surface area contributed by atoms with Gasteiger partial charge >= 0.3 is 0 Å². The molecule has 76 valence electrons. The van der Waals surface area contributed by atoms with E-state index in [9.17, 15) is 5.11 Å². The third kappa shape index (κ3) is 1.78. The summed E-state index contributed by atoms with van der Waals surface area (Å²) >= 11 is 5.93. The van der Waals surface area contributed by atoms with Crippen LogP contribution in [0, 0.1) is 0 Å². The van der Waals surface area contributed by atoms with Crippen molar-refractivity contribution in [1.82, 2.24) is 5.32 Å². The number of aliphatic hydroxyl groups is 1. The van der Waals surface area contributed by atoms with Crippen LogP contribution in [-0.2, 0) is 5.54 Å². The van der Waals surface area contributed by atoms with Gasteiger partial charge in [0.1, 0.15) is 0 Å². The van der Waals surface area contributed by atoms with E-state index in [1.807, 2.05) is 24.3 Å². The highest BCUT2D eigenvalue weighted by molar-refractivity contribution is 6.30. The van der Waals surface area contributed by atoms with E-state index in [-0.39, 0.29) is 11.6 Å². The van der Waals surface area contributed by atoms with Crippen LogP contribution in [0.5, 0.6) is 0 Å². The second-order valence-corrected chi connectivity index (χ2v) is 4.52. The highest BCUT2D eigenvalue weighted by Gasteiger charge is 2.35. The molecule has 1 aromatic rings. The number of halogens is 1. The summed E-state index contributed by atoms with van der Waals surface area (Å²) in [5.74, 6) is 0. The van der Waals surface area contributed by atoms with Crippen molar-refractivity contribution < 1.29 is 5.11 Å². The van der Waals surface area contributed by atoms with Gasteiger partial charge in [0.05, 0.1) is 6.10 Å². The van der Waals surface area contributed by atoms with E-state index in [4.69, 9.17) is 11.6 Å². The normalized spacial score (nSPS) is 32.1. The first-order valence-electron chi connectivity index (χ1n) is 4.79. The van der Waals surface area contributed by atoms with Crippen molar-refractivity contribution in [2.75, 3.05) is 6.54 Å². The largest absolute Gasteiger partial charge is 0.392 e. The molecule has 2 nitrogen and oxygen atoms in total.